The lowest BCUT2D eigenvalue weighted by molar-refractivity contribution is 0.371. The monoisotopic (exact) mass is 151 g/mol. The Hall–Kier alpha value is -1.02. The Kier molecular flexibility index (Phi) is 2.15. The predicted molar refractivity (Wildman–Crippen MR) is 45.1 cm³/mol. The molecule has 0 bridgehead atoms. The number of nitrogens with two attached hydrogens (primary N) is 1. The van der Waals surface area contributed by atoms with Crippen molar-refractivity contribution in [2.75, 3.05) is 0 Å². The molecule has 2 nitrogen and oxygen atoms in total. The molecule has 1 rings (SSSR count). The van der Waals surface area contributed by atoms with E-state index in [0.717, 1.165) is 12.2 Å². The van der Waals surface area contributed by atoms with Gasteiger partial charge in [-0.2, -0.15) is 0 Å². The summed E-state index contributed by atoms with van der Waals surface area (Å²) in [5, 5.41) is 0. The highest BCUT2D eigenvalue weighted by atomic mass is 16.3. The summed E-state index contributed by atoms with van der Waals surface area (Å²) in [6.07, 6.45) is 4.15. The molecule has 1 aromatic heterocycles. The van der Waals surface area contributed by atoms with Gasteiger partial charge >= 0.3 is 0 Å². The lowest BCUT2D eigenvalue weighted by Gasteiger charge is -2.19. The lowest BCUT2D eigenvalue weighted by atomic mass is 9.96. The standard InChI is InChI=1S/C9H13NO/c1-3-6-9(2,10)8-5-4-7-11-8/h3-5,7H,1,6,10H2,2H3. The molecule has 0 saturated heterocycles. The summed E-state index contributed by atoms with van der Waals surface area (Å²) < 4.78 is 5.18. The number of hydrogen-bond donors (Lipinski definition) is 1. The van der Waals surface area contributed by atoms with Crippen LogP contribution in [0.5, 0.6) is 0 Å². The number of hydrogen-bond acceptors (Lipinski definition) is 2. The first-order valence-electron chi connectivity index (χ1n) is 3.60. The van der Waals surface area contributed by atoms with Gasteiger partial charge in [0.2, 0.25) is 0 Å². The highest BCUT2D eigenvalue weighted by molar-refractivity contribution is 5.11. The Morgan fingerprint density at radius 2 is 2.55 bits per heavy atom. The van der Waals surface area contributed by atoms with Gasteiger partial charge in [0.1, 0.15) is 5.76 Å². The Labute approximate surface area is 66.7 Å². The van der Waals surface area contributed by atoms with Crippen molar-refractivity contribution in [3.63, 3.8) is 0 Å². The quantitative estimate of drug-likeness (QED) is 0.671. The molecule has 1 heterocycles. The van der Waals surface area contributed by atoms with Crippen LogP contribution in [0.25, 0.3) is 0 Å². The third kappa shape index (κ3) is 1.71. The maximum Gasteiger partial charge on any atom is 0.123 e. The van der Waals surface area contributed by atoms with Gasteiger partial charge in [0.15, 0.2) is 0 Å². The molecule has 0 amide bonds. The Balaban J connectivity index is 2.81. The van der Waals surface area contributed by atoms with E-state index in [0.29, 0.717) is 0 Å². The summed E-state index contributed by atoms with van der Waals surface area (Å²) in [5.74, 6) is 0.803. The number of rotatable bonds is 3. The first-order valence-corrected chi connectivity index (χ1v) is 3.60. The smallest absolute Gasteiger partial charge is 0.123 e. The van der Waals surface area contributed by atoms with Crippen molar-refractivity contribution in [3.05, 3.63) is 36.8 Å². The molecule has 0 radical (unpaired) electrons. The van der Waals surface area contributed by atoms with Crippen molar-refractivity contribution >= 4 is 0 Å². The average Bonchev–Trinajstić information content (AvgIpc) is 2.37. The van der Waals surface area contributed by atoms with Crippen LogP contribution < -0.4 is 5.73 Å². The number of furan rings is 1. The molecular weight excluding hydrogens is 138 g/mol. The van der Waals surface area contributed by atoms with E-state index in [-0.39, 0.29) is 0 Å². The molecule has 1 aromatic rings. The zero-order valence-corrected chi connectivity index (χ0v) is 6.71. The fraction of sp³-hybridized carbons (Fsp3) is 0.333. The van der Waals surface area contributed by atoms with Crippen molar-refractivity contribution in [1.82, 2.24) is 0 Å². The molecule has 60 valence electrons. The van der Waals surface area contributed by atoms with Crippen LogP contribution in [0, 0.1) is 0 Å². The molecular formula is C9H13NO. The maximum atomic E-state index is 5.93. The molecule has 11 heavy (non-hydrogen) atoms. The highest BCUT2D eigenvalue weighted by Gasteiger charge is 2.21. The first kappa shape index (κ1) is 8.08. The minimum absolute atomic E-state index is 0.411. The molecule has 0 spiro atoms. The van der Waals surface area contributed by atoms with Crippen LogP contribution in [-0.2, 0) is 5.54 Å². The van der Waals surface area contributed by atoms with Gasteiger partial charge in [-0.25, -0.2) is 0 Å². The van der Waals surface area contributed by atoms with Gasteiger partial charge < -0.3 is 10.2 Å². The fourth-order valence-electron chi connectivity index (χ4n) is 1.00. The maximum absolute atomic E-state index is 5.93. The van der Waals surface area contributed by atoms with Crippen LogP contribution in [0.3, 0.4) is 0 Å². The molecule has 2 N–H and O–H groups in total. The zero-order chi connectivity index (χ0) is 8.32. The second-order valence-electron chi connectivity index (χ2n) is 2.89. The Morgan fingerprint density at radius 3 is 3.00 bits per heavy atom. The van der Waals surface area contributed by atoms with Crippen LogP contribution >= 0.6 is 0 Å². The van der Waals surface area contributed by atoms with Crippen LogP contribution in [0.15, 0.2) is 35.5 Å². The van der Waals surface area contributed by atoms with Crippen LogP contribution in [-0.4, -0.2) is 0 Å². The lowest BCUT2D eigenvalue weighted by Crippen LogP contribution is -2.31. The molecule has 0 aliphatic rings. The first-order chi connectivity index (χ1) is 5.17. The summed E-state index contributed by atoms with van der Waals surface area (Å²) in [5.41, 5.74) is 5.52. The third-order valence-corrected chi connectivity index (χ3v) is 1.65. The van der Waals surface area contributed by atoms with Gasteiger partial charge in [-0.3, -0.25) is 0 Å². The molecule has 0 aromatic carbocycles. The van der Waals surface area contributed by atoms with Gasteiger partial charge in [-0.1, -0.05) is 6.08 Å². The van der Waals surface area contributed by atoms with E-state index in [9.17, 15) is 0 Å². The molecule has 0 fully saturated rings. The minimum atomic E-state index is -0.411. The van der Waals surface area contributed by atoms with Crippen molar-refractivity contribution in [1.29, 1.82) is 0 Å². The van der Waals surface area contributed by atoms with Crippen LogP contribution in [0.2, 0.25) is 0 Å². The van der Waals surface area contributed by atoms with E-state index in [2.05, 4.69) is 6.58 Å². The Morgan fingerprint density at radius 1 is 1.82 bits per heavy atom. The van der Waals surface area contributed by atoms with E-state index >= 15 is 0 Å². The second-order valence-corrected chi connectivity index (χ2v) is 2.89. The van der Waals surface area contributed by atoms with Crippen molar-refractivity contribution in [2.24, 2.45) is 5.73 Å². The van der Waals surface area contributed by atoms with Gasteiger partial charge in [0.05, 0.1) is 11.8 Å². The molecule has 0 aliphatic carbocycles. The molecule has 2 heteroatoms. The average molecular weight is 151 g/mol. The highest BCUT2D eigenvalue weighted by Crippen LogP contribution is 2.21. The summed E-state index contributed by atoms with van der Waals surface area (Å²) in [6, 6.07) is 3.72. The van der Waals surface area contributed by atoms with Crippen molar-refractivity contribution in [2.45, 2.75) is 18.9 Å². The topological polar surface area (TPSA) is 39.2 Å². The zero-order valence-electron chi connectivity index (χ0n) is 6.71. The van der Waals surface area contributed by atoms with Crippen LogP contribution in [0.4, 0.5) is 0 Å². The summed E-state index contributed by atoms with van der Waals surface area (Å²) in [4.78, 5) is 0. The van der Waals surface area contributed by atoms with E-state index in [1.54, 1.807) is 12.3 Å². The SMILES string of the molecule is C=CCC(C)(N)c1ccco1. The molecule has 0 saturated carbocycles. The molecule has 1 atom stereocenters. The van der Waals surface area contributed by atoms with Gasteiger partial charge in [-0.15, -0.1) is 6.58 Å². The molecule has 1 unspecified atom stereocenters. The fourth-order valence-corrected chi connectivity index (χ4v) is 1.00. The van der Waals surface area contributed by atoms with Crippen molar-refractivity contribution in [3.8, 4) is 0 Å². The minimum Gasteiger partial charge on any atom is -0.467 e. The van der Waals surface area contributed by atoms with E-state index < -0.39 is 5.54 Å². The summed E-state index contributed by atoms with van der Waals surface area (Å²) in [7, 11) is 0. The second kappa shape index (κ2) is 2.93. The summed E-state index contributed by atoms with van der Waals surface area (Å²) in [6.45, 7) is 5.56. The van der Waals surface area contributed by atoms with Gasteiger partial charge in [0, 0.05) is 0 Å². The van der Waals surface area contributed by atoms with Crippen LogP contribution in [0.1, 0.15) is 19.1 Å². The van der Waals surface area contributed by atoms with Gasteiger partial charge in [0.25, 0.3) is 0 Å². The van der Waals surface area contributed by atoms with E-state index in [1.807, 2.05) is 19.1 Å². The predicted octanol–water partition coefficient (Wildman–Crippen LogP) is 2.03. The largest absolute Gasteiger partial charge is 0.467 e. The van der Waals surface area contributed by atoms with Gasteiger partial charge in [-0.05, 0) is 25.5 Å². The Bertz CT molecular complexity index is 224. The molecule has 0 aliphatic heterocycles. The van der Waals surface area contributed by atoms with E-state index in [1.165, 1.54) is 0 Å². The normalized spacial score (nSPS) is 15.8. The third-order valence-electron chi connectivity index (χ3n) is 1.65. The van der Waals surface area contributed by atoms with E-state index in [4.69, 9.17) is 10.2 Å². The van der Waals surface area contributed by atoms with Crippen molar-refractivity contribution < 1.29 is 4.42 Å². The summed E-state index contributed by atoms with van der Waals surface area (Å²) >= 11 is 0.